The second-order valence-corrected chi connectivity index (χ2v) is 7.07. The van der Waals surface area contributed by atoms with Crippen molar-refractivity contribution in [2.24, 2.45) is 0 Å². The van der Waals surface area contributed by atoms with E-state index in [1.54, 1.807) is 13.3 Å². The molecule has 2 aromatic heterocycles. The first-order valence-corrected chi connectivity index (χ1v) is 9.99. The summed E-state index contributed by atoms with van der Waals surface area (Å²) in [5, 5.41) is 9.07. The fraction of sp³-hybridized carbons (Fsp3) is 0.0385. The summed E-state index contributed by atoms with van der Waals surface area (Å²) in [6.45, 7) is 0. The van der Waals surface area contributed by atoms with Crippen molar-refractivity contribution in [3.05, 3.63) is 103 Å². The minimum Gasteiger partial charge on any atom is -0.497 e. The molecule has 5 nitrogen and oxygen atoms in total. The van der Waals surface area contributed by atoms with Gasteiger partial charge in [-0.15, -0.1) is 10.2 Å². The van der Waals surface area contributed by atoms with Gasteiger partial charge < -0.3 is 4.74 Å². The van der Waals surface area contributed by atoms with Gasteiger partial charge in [-0.05, 0) is 53.6 Å². The lowest BCUT2D eigenvalue weighted by molar-refractivity contribution is 0.415. The maximum Gasteiger partial charge on any atom is 0.168 e. The molecule has 0 aliphatic rings. The summed E-state index contributed by atoms with van der Waals surface area (Å²) in [7, 11) is 1.66. The Labute approximate surface area is 180 Å². The van der Waals surface area contributed by atoms with Crippen molar-refractivity contribution in [1.82, 2.24) is 19.7 Å². The molecule has 0 fully saturated rings. The van der Waals surface area contributed by atoms with Crippen LogP contribution >= 0.6 is 0 Å². The summed E-state index contributed by atoms with van der Waals surface area (Å²) in [5.41, 5.74) is 5.15. The summed E-state index contributed by atoms with van der Waals surface area (Å²) in [5.74, 6) is 2.37. The van der Waals surface area contributed by atoms with E-state index in [9.17, 15) is 0 Å². The third-order valence-electron chi connectivity index (χ3n) is 5.16. The lowest BCUT2D eigenvalue weighted by atomic mass is 10.1. The summed E-state index contributed by atoms with van der Waals surface area (Å²) < 4.78 is 7.39. The minimum absolute atomic E-state index is 0.774. The Morgan fingerprint density at radius 1 is 0.613 bits per heavy atom. The highest BCUT2D eigenvalue weighted by atomic mass is 16.5. The van der Waals surface area contributed by atoms with Gasteiger partial charge in [0, 0.05) is 29.2 Å². The first kappa shape index (κ1) is 18.8. The zero-order chi connectivity index (χ0) is 21.0. The van der Waals surface area contributed by atoms with Crippen LogP contribution in [0.25, 0.3) is 39.6 Å². The van der Waals surface area contributed by atoms with E-state index in [0.717, 1.165) is 45.3 Å². The number of hydrogen-bond donors (Lipinski definition) is 0. The summed E-state index contributed by atoms with van der Waals surface area (Å²) in [4.78, 5) is 4.22. The van der Waals surface area contributed by atoms with E-state index in [4.69, 9.17) is 4.74 Å². The highest BCUT2D eigenvalue weighted by Crippen LogP contribution is 2.30. The molecule has 0 aliphatic carbocycles. The Morgan fingerprint density at radius 2 is 1.23 bits per heavy atom. The third kappa shape index (κ3) is 3.69. The second-order valence-electron chi connectivity index (χ2n) is 7.07. The van der Waals surface area contributed by atoms with Gasteiger partial charge in [-0.2, -0.15) is 0 Å². The van der Waals surface area contributed by atoms with Crippen molar-refractivity contribution in [3.63, 3.8) is 0 Å². The van der Waals surface area contributed by atoms with Crippen LogP contribution in [0, 0.1) is 0 Å². The first-order valence-electron chi connectivity index (χ1n) is 9.99. The molecule has 5 heteroatoms. The highest BCUT2D eigenvalue weighted by molar-refractivity contribution is 5.69. The van der Waals surface area contributed by atoms with Crippen LogP contribution in [0.3, 0.4) is 0 Å². The highest BCUT2D eigenvalue weighted by Gasteiger charge is 2.17. The van der Waals surface area contributed by atoms with Crippen molar-refractivity contribution in [3.8, 4) is 45.3 Å². The van der Waals surface area contributed by atoms with E-state index in [-0.39, 0.29) is 0 Å². The largest absolute Gasteiger partial charge is 0.497 e. The number of hydrogen-bond acceptors (Lipinski definition) is 4. The quantitative estimate of drug-likeness (QED) is 0.379. The fourth-order valence-corrected chi connectivity index (χ4v) is 3.57. The molecular formula is C26H20N4O. The van der Waals surface area contributed by atoms with E-state index >= 15 is 0 Å². The van der Waals surface area contributed by atoms with E-state index in [0.29, 0.717) is 0 Å². The van der Waals surface area contributed by atoms with Gasteiger partial charge in [-0.1, -0.05) is 48.5 Å². The van der Waals surface area contributed by atoms with Crippen LogP contribution < -0.4 is 4.74 Å². The molecule has 0 saturated heterocycles. The Bertz CT molecular complexity index is 1280. The molecule has 0 bridgehead atoms. The monoisotopic (exact) mass is 404 g/mol. The van der Waals surface area contributed by atoms with Crippen molar-refractivity contribution in [1.29, 1.82) is 0 Å². The van der Waals surface area contributed by atoms with Crippen molar-refractivity contribution in [2.45, 2.75) is 0 Å². The van der Waals surface area contributed by atoms with Gasteiger partial charge in [0.05, 0.1) is 7.11 Å². The van der Waals surface area contributed by atoms with Gasteiger partial charge in [0.2, 0.25) is 0 Å². The van der Waals surface area contributed by atoms with Crippen LogP contribution in [0.4, 0.5) is 0 Å². The molecule has 0 unspecified atom stereocenters. The fourth-order valence-electron chi connectivity index (χ4n) is 3.57. The van der Waals surface area contributed by atoms with E-state index in [1.807, 2.05) is 66.9 Å². The van der Waals surface area contributed by atoms with Crippen molar-refractivity contribution in [2.75, 3.05) is 7.11 Å². The van der Waals surface area contributed by atoms with E-state index in [1.165, 1.54) is 0 Å². The Morgan fingerprint density at radius 3 is 1.84 bits per heavy atom. The topological polar surface area (TPSA) is 52.8 Å². The lowest BCUT2D eigenvalue weighted by Gasteiger charge is -2.12. The molecule has 5 rings (SSSR count). The maximum absolute atomic E-state index is 5.30. The molecule has 3 aromatic carbocycles. The normalized spacial score (nSPS) is 10.7. The second kappa shape index (κ2) is 8.24. The Balaban J connectivity index is 1.64. The van der Waals surface area contributed by atoms with Crippen LogP contribution in [-0.4, -0.2) is 26.9 Å². The SMILES string of the molecule is COc1ccc(-c2nnc(-c3ccccc3)n2-c2ccc(-c3cccnc3)cc2)cc1. The van der Waals surface area contributed by atoms with Gasteiger partial charge in [-0.25, -0.2) is 0 Å². The summed E-state index contributed by atoms with van der Waals surface area (Å²) in [6, 6.07) is 30.3. The van der Waals surface area contributed by atoms with E-state index in [2.05, 4.69) is 50.1 Å². The summed E-state index contributed by atoms with van der Waals surface area (Å²) in [6.07, 6.45) is 3.65. The van der Waals surface area contributed by atoms with Crippen LogP contribution in [-0.2, 0) is 0 Å². The molecule has 150 valence electrons. The molecule has 0 amide bonds. The third-order valence-corrected chi connectivity index (χ3v) is 5.16. The average molecular weight is 404 g/mol. The number of pyridine rings is 1. The van der Waals surface area contributed by atoms with Gasteiger partial charge in [0.15, 0.2) is 11.6 Å². The number of aromatic nitrogens is 4. The number of nitrogens with zero attached hydrogens (tertiary/aromatic N) is 4. The molecule has 31 heavy (non-hydrogen) atoms. The van der Waals surface area contributed by atoms with Crippen LogP contribution in [0.1, 0.15) is 0 Å². The molecule has 0 spiro atoms. The number of ether oxygens (including phenoxy) is 1. The molecule has 5 aromatic rings. The Kier molecular flexibility index (Phi) is 4.99. The van der Waals surface area contributed by atoms with Crippen LogP contribution in [0.5, 0.6) is 5.75 Å². The van der Waals surface area contributed by atoms with E-state index < -0.39 is 0 Å². The molecule has 0 N–H and O–H groups in total. The predicted octanol–water partition coefficient (Wildman–Crippen LogP) is 5.67. The zero-order valence-corrected chi connectivity index (χ0v) is 17.0. The number of rotatable bonds is 5. The van der Waals surface area contributed by atoms with Crippen LogP contribution in [0.15, 0.2) is 103 Å². The zero-order valence-electron chi connectivity index (χ0n) is 17.0. The van der Waals surface area contributed by atoms with Crippen molar-refractivity contribution < 1.29 is 4.74 Å². The lowest BCUT2D eigenvalue weighted by Crippen LogP contribution is -2.00. The smallest absolute Gasteiger partial charge is 0.168 e. The Hall–Kier alpha value is -4.25. The minimum atomic E-state index is 0.774. The molecule has 0 radical (unpaired) electrons. The first-order chi connectivity index (χ1) is 15.3. The van der Waals surface area contributed by atoms with Gasteiger partial charge >= 0.3 is 0 Å². The molecule has 0 atom stereocenters. The molecule has 0 saturated carbocycles. The number of benzene rings is 3. The molecular weight excluding hydrogens is 384 g/mol. The van der Waals surface area contributed by atoms with Gasteiger partial charge in [-0.3, -0.25) is 9.55 Å². The van der Waals surface area contributed by atoms with Crippen molar-refractivity contribution >= 4 is 0 Å². The average Bonchev–Trinajstić information content (AvgIpc) is 3.30. The summed E-state index contributed by atoms with van der Waals surface area (Å²) >= 11 is 0. The number of methoxy groups -OCH3 is 1. The predicted molar refractivity (Wildman–Crippen MR) is 122 cm³/mol. The maximum atomic E-state index is 5.30. The van der Waals surface area contributed by atoms with Crippen LogP contribution in [0.2, 0.25) is 0 Å². The standard InChI is InChI=1S/C26H20N4O/c1-31-24-15-11-21(12-16-24)26-29-28-25(20-6-3-2-4-7-20)30(26)23-13-9-19(10-14-23)22-8-5-17-27-18-22/h2-18H,1H3. The van der Waals surface area contributed by atoms with Gasteiger partial charge in [0.25, 0.3) is 0 Å². The molecule has 0 aliphatic heterocycles. The molecule has 2 heterocycles. The van der Waals surface area contributed by atoms with Gasteiger partial charge in [0.1, 0.15) is 5.75 Å².